The molecule has 1 saturated heterocycles. The average Bonchev–Trinajstić information content (AvgIpc) is 3.30. The molecular formula is C20H19F2N3O2S. The van der Waals surface area contributed by atoms with E-state index in [9.17, 15) is 18.4 Å². The van der Waals surface area contributed by atoms with Gasteiger partial charge in [0.15, 0.2) is 0 Å². The SMILES string of the molecule is CCN1CCN(C2=C(c3cccs3)C(=O)N(c3cc(F)ccc3F)C2=O)CC1. The molecule has 0 atom stereocenters. The summed E-state index contributed by atoms with van der Waals surface area (Å²) in [6, 6.07) is 6.33. The standard InChI is InChI=1S/C20H19F2N3O2S/c1-2-23-7-9-24(10-8-23)18-17(16-4-3-11-28-16)19(26)25(20(18)27)15-12-13(21)5-6-14(15)22/h3-6,11-12H,2,7-10H2,1H3. The van der Waals surface area contributed by atoms with E-state index in [0.717, 1.165) is 42.7 Å². The third-order valence-corrected chi connectivity index (χ3v) is 6.00. The molecule has 0 unspecified atom stereocenters. The fraction of sp³-hybridized carbons (Fsp3) is 0.300. The topological polar surface area (TPSA) is 43.9 Å². The Bertz CT molecular complexity index is 950. The normalized spacial score (nSPS) is 18.5. The quantitative estimate of drug-likeness (QED) is 0.737. The molecule has 2 aliphatic rings. The Kier molecular flexibility index (Phi) is 4.99. The highest BCUT2D eigenvalue weighted by Gasteiger charge is 2.44. The maximum Gasteiger partial charge on any atom is 0.282 e. The number of halogens is 2. The highest BCUT2D eigenvalue weighted by molar-refractivity contribution is 7.11. The molecule has 2 amide bonds. The minimum Gasteiger partial charge on any atom is -0.364 e. The number of benzene rings is 1. The number of rotatable bonds is 4. The second-order valence-electron chi connectivity index (χ2n) is 6.66. The number of anilines is 1. The Morgan fingerprint density at radius 1 is 1.04 bits per heavy atom. The van der Waals surface area contributed by atoms with Crippen LogP contribution in [0.2, 0.25) is 0 Å². The molecule has 0 N–H and O–H groups in total. The van der Waals surface area contributed by atoms with E-state index in [4.69, 9.17) is 0 Å². The highest BCUT2D eigenvalue weighted by Crippen LogP contribution is 2.37. The number of likely N-dealkylation sites (N-methyl/N-ethyl adjacent to an activating group) is 1. The van der Waals surface area contributed by atoms with Crippen molar-refractivity contribution in [2.45, 2.75) is 6.92 Å². The zero-order valence-electron chi connectivity index (χ0n) is 15.3. The van der Waals surface area contributed by atoms with Gasteiger partial charge in [-0.05, 0) is 30.1 Å². The zero-order valence-corrected chi connectivity index (χ0v) is 16.1. The minimum absolute atomic E-state index is 0.258. The summed E-state index contributed by atoms with van der Waals surface area (Å²) in [6.45, 7) is 5.72. The van der Waals surface area contributed by atoms with Crippen LogP contribution in [0.15, 0.2) is 41.4 Å². The van der Waals surface area contributed by atoms with Gasteiger partial charge in [0.2, 0.25) is 0 Å². The van der Waals surface area contributed by atoms with Crippen molar-refractivity contribution in [1.29, 1.82) is 0 Å². The van der Waals surface area contributed by atoms with E-state index < -0.39 is 23.4 Å². The molecule has 3 heterocycles. The van der Waals surface area contributed by atoms with Crippen LogP contribution in [0, 0.1) is 11.6 Å². The fourth-order valence-electron chi connectivity index (χ4n) is 3.62. The fourth-order valence-corrected chi connectivity index (χ4v) is 4.38. The molecule has 2 aromatic rings. The summed E-state index contributed by atoms with van der Waals surface area (Å²) in [5.41, 5.74) is 0.173. The lowest BCUT2D eigenvalue weighted by Crippen LogP contribution is -2.47. The Hall–Kier alpha value is -2.58. The van der Waals surface area contributed by atoms with Crippen molar-refractivity contribution in [2.24, 2.45) is 0 Å². The molecule has 0 bridgehead atoms. The van der Waals surface area contributed by atoms with Crippen molar-refractivity contribution in [3.63, 3.8) is 0 Å². The second-order valence-corrected chi connectivity index (χ2v) is 7.61. The van der Waals surface area contributed by atoms with Crippen LogP contribution in [0.4, 0.5) is 14.5 Å². The summed E-state index contributed by atoms with van der Waals surface area (Å²) < 4.78 is 28.1. The number of imide groups is 1. The van der Waals surface area contributed by atoms with E-state index in [1.807, 2.05) is 10.3 Å². The number of piperazine rings is 1. The van der Waals surface area contributed by atoms with Crippen LogP contribution in [0.5, 0.6) is 0 Å². The third kappa shape index (κ3) is 3.12. The first-order valence-electron chi connectivity index (χ1n) is 9.10. The van der Waals surface area contributed by atoms with Gasteiger partial charge in [-0.3, -0.25) is 9.59 Å². The van der Waals surface area contributed by atoms with Gasteiger partial charge in [0.05, 0.1) is 11.3 Å². The first kappa shape index (κ1) is 18.8. The molecule has 28 heavy (non-hydrogen) atoms. The van der Waals surface area contributed by atoms with Crippen LogP contribution in [0.3, 0.4) is 0 Å². The number of nitrogens with zero attached hydrogens (tertiary/aromatic N) is 3. The van der Waals surface area contributed by atoms with Crippen LogP contribution in [0.25, 0.3) is 5.57 Å². The maximum absolute atomic E-state index is 14.4. The van der Waals surface area contributed by atoms with Crippen molar-refractivity contribution in [1.82, 2.24) is 9.80 Å². The largest absolute Gasteiger partial charge is 0.364 e. The van der Waals surface area contributed by atoms with Crippen molar-refractivity contribution < 1.29 is 18.4 Å². The number of thiophene rings is 1. The van der Waals surface area contributed by atoms with E-state index in [1.165, 1.54) is 11.3 Å². The van der Waals surface area contributed by atoms with Crippen molar-refractivity contribution in [3.8, 4) is 0 Å². The van der Waals surface area contributed by atoms with E-state index in [-0.39, 0.29) is 17.0 Å². The molecular weight excluding hydrogens is 384 g/mol. The van der Waals surface area contributed by atoms with Gasteiger partial charge in [0.25, 0.3) is 11.8 Å². The van der Waals surface area contributed by atoms with Gasteiger partial charge in [-0.15, -0.1) is 11.3 Å². The Morgan fingerprint density at radius 2 is 1.79 bits per heavy atom. The van der Waals surface area contributed by atoms with E-state index in [0.29, 0.717) is 18.0 Å². The molecule has 0 radical (unpaired) electrons. The van der Waals surface area contributed by atoms with Crippen molar-refractivity contribution in [2.75, 3.05) is 37.6 Å². The van der Waals surface area contributed by atoms with Gasteiger partial charge < -0.3 is 9.80 Å². The molecule has 8 heteroatoms. The van der Waals surface area contributed by atoms with E-state index in [1.54, 1.807) is 12.1 Å². The van der Waals surface area contributed by atoms with Gasteiger partial charge >= 0.3 is 0 Å². The molecule has 0 saturated carbocycles. The first-order valence-corrected chi connectivity index (χ1v) is 9.98. The van der Waals surface area contributed by atoms with Gasteiger partial charge in [-0.25, -0.2) is 13.7 Å². The number of amides is 2. The molecule has 2 aliphatic heterocycles. The van der Waals surface area contributed by atoms with Crippen molar-refractivity contribution in [3.05, 3.63) is 57.9 Å². The summed E-state index contributed by atoms with van der Waals surface area (Å²) in [6.07, 6.45) is 0. The van der Waals surface area contributed by atoms with Gasteiger partial charge in [0.1, 0.15) is 17.3 Å². The zero-order chi connectivity index (χ0) is 19.8. The second kappa shape index (κ2) is 7.44. The molecule has 4 rings (SSSR count). The van der Waals surface area contributed by atoms with Gasteiger partial charge in [-0.1, -0.05) is 13.0 Å². The summed E-state index contributed by atoms with van der Waals surface area (Å²) in [5, 5.41) is 1.82. The summed E-state index contributed by atoms with van der Waals surface area (Å²) in [5.74, 6) is -2.75. The van der Waals surface area contributed by atoms with Crippen LogP contribution < -0.4 is 4.90 Å². The van der Waals surface area contributed by atoms with E-state index >= 15 is 0 Å². The van der Waals surface area contributed by atoms with Crippen LogP contribution in [-0.4, -0.2) is 54.3 Å². The van der Waals surface area contributed by atoms with Crippen LogP contribution in [0.1, 0.15) is 11.8 Å². The lowest BCUT2D eigenvalue weighted by atomic mass is 10.1. The predicted molar refractivity (Wildman–Crippen MR) is 104 cm³/mol. The van der Waals surface area contributed by atoms with Gasteiger partial charge in [-0.2, -0.15) is 0 Å². The third-order valence-electron chi connectivity index (χ3n) is 5.11. The maximum atomic E-state index is 14.4. The number of carbonyl (C=O) groups is 2. The monoisotopic (exact) mass is 403 g/mol. The smallest absolute Gasteiger partial charge is 0.282 e. The average molecular weight is 403 g/mol. The molecule has 0 aliphatic carbocycles. The lowest BCUT2D eigenvalue weighted by molar-refractivity contribution is -0.120. The summed E-state index contributed by atoms with van der Waals surface area (Å²) in [7, 11) is 0. The lowest BCUT2D eigenvalue weighted by Gasteiger charge is -2.35. The highest BCUT2D eigenvalue weighted by atomic mass is 32.1. The van der Waals surface area contributed by atoms with Crippen LogP contribution in [-0.2, 0) is 9.59 Å². The Balaban J connectivity index is 1.77. The number of hydrogen-bond donors (Lipinski definition) is 0. The molecule has 146 valence electrons. The molecule has 1 fully saturated rings. The Labute approximate surface area is 165 Å². The van der Waals surface area contributed by atoms with E-state index in [2.05, 4.69) is 11.8 Å². The predicted octanol–water partition coefficient (Wildman–Crippen LogP) is 2.95. The Morgan fingerprint density at radius 3 is 2.43 bits per heavy atom. The van der Waals surface area contributed by atoms with Crippen molar-refractivity contribution >= 4 is 34.4 Å². The summed E-state index contributed by atoms with van der Waals surface area (Å²) in [4.78, 5) is 32.0. The minimum atomic E-state index is -0.814. The molecule has 5 nitrogen and oxygen atoms in total. The summed E-state index contributed by atoms with van der Waals surface area (Å²) >= 11 is 1.34. The number of carbonyl (C=O) groups excluding carboxylic acids is 2. The molecule has 0 spiro atoms. The first-order chi connectivity index (χ1) is 13.5. The van der Waals surface area contributed by atoms with Crippen LogP contribution >= 0.6 is 11.3 Å². The number of hydrogen-bond acceptors (Lipinski definition) is 5. The molecule has 1 aromatic carbocycles. The molecule has 1 aromatic heterocycles. The van der Waals surface area contributed by atoms with Gasteiger partial charge in [0, 0.05) is 37.1 Å².